The van der Waals surface area contributed by atoms with Gasteiger partial charge in [0.05, 0.1) is 4.75 Å². The summed E-state index contributed by atoms with van der Waals surface area (Å²) in [4.78, 5) is 2.38. The molecular weight excluding hydrogens is 200 g/mol. The predicted molar refractivity (Wildman–Crippen MR) is 59.3 cm³/mol. The Kier molecular flexibility index (Phi) is 5.05. The lowest BCUT2D eigenvalue weighted by atomic mass is 10.1. The van der Waals surface area contributed by atoms with Gasteiger partial charge in [-0.25, -0.2) is 13.8 Å². The molecule has 5 heteroatoms. The van der Waals surface area contributed by atoms with Crippen LogP contribution in [0.5, 0.6) is 0 Å². The van der Waals surface area contributed by atoms with Crippen molar-refractivity contribution in [1.29, 1.82) is 0 Å². The van der Waals surface area contributed by atoms with Gasteiger partial charge in [-0.1, -0.05) is 13.8 Å². The summed E-state index contributed by atoms with van der Waals surface area (Å²) in [5.74, 6) is 0.571. The van der Waals surface area contributed by atoms with Crippen LogP contribution in [0.4, 0.5) is 0 Å². The first-order valence-corrected chi connectivity index (χ1v) is 6.39. The molecule has 0 atom stereocenters. The van der Waals surface area contributed by atoms with Crippen LogP contribution in [0.15, 0.2) is 0 Å². The van der Waals surface area contributed by atoms with Crippen molar-refractivity contribution in [1.82, 2.24) is 10.3 Å². The number of hydrogen-bond acceptors (Lipinski definition) is 3. The largest absolute Gasteiger partial charge is 0.244 e. The van der Waals surface area contributed by atoms with Gasteiger partial charge in [0.1, 0.15) is 0 Å². The van der Waals surface area contributed by atoms with Crippen LogP contribution in [0.25, 0.3) is 0 Å². The number of sulfonamides is 1. The van der Waals surface area contributed by atoms with E-state index in [0.29, 0.717) is 12.5 Å². The summed E-state index contributed by atoms with van der Waals surface area (Å²) < 4.78 is 22.3. The van der Waals surface area contributed by atoms with Gasteiger partial charge in [0, 0.05) is 6.54 Å². The maximum atomic E-state index is 11.5. The van der Waals surface area contributed by atoms with Crippen molar-refractivity contribution in [2.75, 3.05) is 6.54 Å². The fraction of sp³-hybridized carbons (Fsp3) is 1.00. The predicted octanol–water partition coefficient (Wildman–Crippen LogP) is 1.25. The molecule has 0 saturated carbocycles. The van der Waals surface area contributed by atoms with Gasteiger partial charge in [0.2, 0.25) is 10.0 Å². The van der Waals surface area contributed by atoms with Gasteiger partial charge in [-0.3, -0.25) is 0 Å². The fourth-order valence-electron chi connectivity index (χ4n) is 0.660. The molecule has 0 aliphatic heterocycles. The summed E-state index contributed by atoms with van der Waals surface area (Å²) >= 11 is 0. The Balaban J connectivity index is 3.91. The summed E-state index contributed by atoms with van der Waals surface area (Å²) in [6.07, 6.45) is 0.951. The molecule has 0 spiro atoms. The highest BCUT2D eigenvalue weighted by molar-refractivity contribution is 7.90. The number of rotatable bonds is 5. The van der Waals surface area contributed by atoms with E-state index in [1.54, 1.807) is 20.8 Å². The van der Waals surface area contributed by atoms with Crippen LogP contribution in [0.3, 0.4) is 0 Å². The van der Waals surface area contributed by atoms with Crippen molar-refractivity contribution in [2.45, 2.75) is 45.8 Å². The average molecular weight is 222 g/mol. The van der Waals surface area contributed by atoms with Gasteiger partial charge in [-0.05, 0) is 33.1 Å². The molecule has 0 fully saturated rings. The molecule has 0 amide bonds. The minimum Gasteiger partial charge on any atom is -0.244 e. The SMILES string of the molecule is CC(C)CCNNS(=O)(=O)C(C)(C)C. The Bertz CT molecular complexity index is 252. The highest BCUT2D eigenvalue weighted by Gasteiger charge is 2.28. The smallest absolute Gasteiger partial charge is 0.229 e. The van der Waals surface area contributed by atoms with Gasteiger partial charge in [0.25, 0.3) is 0 Å². The molecule has 0 rings (SSSR count). The van der Waals surface area contributed by atoms with E-state index in [9.17, 15) is 8.42 Å². The van der Waals surface area contributed by atoms with Crippen molar-refractivity contribution in [3.05, 3.63) is 0 Å². The third kappa shape index (κ3) is 4.93. The molecule has 0 saturated heterocycles. The van der Waals surface area contributed by atoms with E-state index in [0.717, 1.165) is 6.42 Å². The van der Waals surface area contributed by atoms with Gasteiger partial charge < -0.3 is 0 Å². The van der Waals surface area contributed by atoms with Crippen LogP contribution >= 0.6 is 0 Å². The van der Waals surface area contributed by atoms with Crippen molar-refractivity contribution < 1.29 is 8.42 Å². The Morgan fingerprint density at radius 1 is 1.21 bits per heavy atom. The molecule has 0 aromatic rings. The van der Waals surface area contributed by atoms with Crippen LogP contribution in [0.1, 0.15) is 41.0 Å². The maximum Gasteiger partial charge on any atom is 0.229 e. The van der Waals surface area contributed by atoms with Crippen LogP contribution in [-0.2, 0) is 10.0 Å². The van der Waals surface area contributed by atoms with Crippen LogP contribution in [-0.4, -0.2) is 19.7 Å². The van der Waals surface area contributed by atoms with Crippen LogP contribution in [0, 0.1) is 5.92 Å². The second-order valence-corrected chi connectivity index (χ2v) is 7.26. The highest BCUT2D eigenvalue weighted by atomic mass is 32.2. The molecule has 0 aliphatic rings. The summed E-state index contributed by atoms with van der Waals surface area (Å²) in [5, 5.41) is 0. The van der Waals surface area contributed by atoms with E-state index in [1.807, 2.05) is 0 Å². The van der Waals surface area contributed by atoms with Crippen molar-refractivity contribution in [3.63, 3.8) is 0 Å². The Morgan fingerprint density at radius 3 is 2.07 bits per heavy atom. The first kappa shape index (κ1) is 13.9. The third-order valence-corrected chi connectivity index (χ3v) is 3.88. The molecule has 0 unspecified atom stereocenters. The van der Waals surface area contributed by atoms with E-state index in [-0.39, 0.29) is 0 Å². The molecule has 4 nitrogen and oxygen atoms in total. The van der Waals surface area contributed by atoms with E-state index in [4.69, 9.17) is 0 Å². The highest BCUT2D eigenvalue weighted by Crippen LogP contribution is 2.11. The number of nitrogens with one attached hydrogen (secondary N) is 2. The van der Waals surface area contributed by atoms with Crippen molar-refractivity contribution in [3.8, 4) is 0 Å². The zero-order chi connectivity index (χ0) is 11.4. The molecule has 0 heterocycles. The van der Waals surface area contributed by atoms with Gasteiger partial charge >= 0.3 is 0 Å². The molecule has 0 aromatic heterocycles. The molecule has 0 bridgehead atoms. The molecule has 0 aliphatic carbocycles. The quantitative estimate of drug-likeness (QED) is 0.544. The summed E-state index contributed by atoms with van der Waals surface area (Å²) in [6, 6.07) is 0. The van der Waals surface area contributed by atoms with Gasteiger partial charge in [-0.15, -0.1) is 0 Å². The normalized spacial score (nSPS) is 13.6. The molecule has 14 heavy (non-hydrogen) atoms. The summed E-state index contributed by atoms with van der Waals surface area (Å²) in [6.45, 7) is 9.85. The van der Waals surface area contributed by atoms with Gasteiger partial charge in [0.15, 0.2) is 0 Å². The lowest BCUT2D eigenvalue weighted by molar-refractivity contribution is 0.495. The van der Waals surface area contributed by atoms with Gasteiger partial charge in [-0.2, -0.15) is 4.83 Å². The number of hydrazine groups is 1. The summed E-state index contributed by atoms with van der Waals surface area (Å²) in [7, 11) is -3.26. The zero-order valence-electron chi connectivity index (χ0n) is 9.72. The minimum atomic E-state index is -3.26. The van der Waals surface area contributed by atoms with E-state index < -0.39 is 14.8 Å². The molecular formula is C9H22N2O2S. The summed E-state index contributed by atoms with van der Waals surface area (Å²) in [5.41, 5.74) is 2.73. The third-order valence-electron chi connectivity index (χ3n) is 1.86. The zero-order valence-corrected chi connectivity index (χ0v) is 10.5. The van der Waals surface area contributed by atoms with Crippen molar-refractivity contribution in [2.24, 2.45) is 5.92 Å². The average Bonchev–Trinajstić information content (AvgIpc) is 1.95. The Morgan fingerprint density at radius 2 is 1.71 bits per heavy atom. The topological polar surface area (TPSA) is 58.2 Å². The standard InChI is InChI=1S/C9H22N2O2S/c1-8(2)6-7-10-11-14(12,13)9(3,4)5/h8,10-11H,6-7H2,1-5H3. The molecule has 0 aromatic carbocycles. The van der Waals surface area contributed by atoms with Crippen LogP contribution in [0.2, 0.25) is 0 Å². The maximum absolute atomic E-state index is 11.5. The lowest BCUT2D eigenvalue weighted by Crippen LogP contribution is -2.46. The monoisotopic (exact) mass is 222 g/mol. The number of hydrogen-bond donors (Lipinski definition) is 2. The van der Waals surface area contributed by atoms with E-state index in [1.165, 1.54) is 0 Å². The van der Waals surface area contributed by atoms with E-state index >= 15 is 0 Å². The lowest BCUT2D eigenvalue weighted by Gasteiger charge is -2.20. The fourth-order valence-corrected chi connectivity index (χ4v) is 1.26. The minimum absolute atomic E-state index is 0.571. The second kappa shape index (κ2) is 5.09. The second-order valence-electron chi connectivity index (χ2n) is 4.83. The van der Waals surface area contributed by atoms with E-state index in [2.05, 4.69) is 24.1 Å². The van der Waals surface area contributed by atoms with Crippen LogP contribution < -0.4 is 10.3 Å². The Hall–Kier alpha value is -0.130. The molecule has 2 N–H and O–H groups in total. The Labute approximate surface area is 87.5 Å². The molecule has 0 radical (unpaired) electrons. The first-order valence-electron chi connectivity index (χ1n) is 4.91. The first-order chi connectivity index (χ1) is 6.17. The molecule has 86 valence electrons. The van der Waals surface area contributed by atoms with Crippen molar-refractivity contribution >= 4 is 10.0 Å².